The van der Waals surface area contributed by atoms with Crippen LogP contribution in [0.2, 0.25) is 0 Å². The molecule has 0 saturated carbocycles. The second kappa shape index (κ2) is 30.8. The maximum absolute atomic E-state index is 13.1. The maximum atomic E-state index is 13.1. The Bertz CT molecular complexity index is 1360. The first-order valence-electron chi connectivity index (χ1n) is 25.3. The van der Waals surface area contributed by atoms with Gasteiger partial charge in [-0.2, -0.15) is 0 Å². The molecule has 0 bridgehead atoms. The quantitative estimate of drug-likeness (QED) is 0.0350. The molecule has 1 aromatic rings. The Balaban J connectivity index is 1.73. The fraction of sp³-hybridized carbons (Fsp3) is 0.849. The summed E-state index contributed by atoms with van der Waals surface area (Å²) in [7, 11) is 0. The summed E-state index contributed by atoms with van der Waals surface area (Å²) in [6.45, 7) is 18.3. The molecule has 1 heterocycles. The molecule has 1 aliphatic rings. The highest BCUT2D eigenvalue weighted by molar-refractivity contribution is 5.77. The van der Waals surface area contributed by atoms with Crippen molar-refractivity contribution in [2.45, 2.75) is 247 Å². The van der Waals surface area contributed by atoms with Crippen LogP contribution in [0.3, 0.4) is 0 Å². The Morgan fingerprint density at radius 3 is 1.74 bits per heavy atom. The zero-order valence-electron chi connectivity index (χ0n) is 41.1. The monoisotopic (exact) mass is 858 g/mol. The maximum Gasteiger partial charge on any atom is 0.337 e. The lowest BCUT2D eigenvalue weighted by Gasteiger charge is -2.38. The lowest BCUT2D eigenvalue weighted by Crippen LogP contribution is -2.57. The van der Waals surface area contributed by atoms with E-state index < -0.39 is 24.7 Å². The topological polar surface area (TPSA) is 114 Å². The van der Waals surface area contributed by atoms with E-state index in [9.17, 15) is 19.8 Å². The minimum Gasteiger partial charge on any atom is -0.487 e. The number of aliphatic hydroxyl groups is 2. The highest BCUT2D eigenvalue weighted by atomic mass is 16.6. The number of hydrogen-bond acceptors (Lipinski definition) is 7. The Morgan fingerprint density at radius 2 is 1.21 bits per heavy atom. The summed E-state index contributed by atoms with van der Waals surface area (Å²) in [4.78, 5) is 25.9. The second-order valence-electron chi connectivity index (χ2n) is 20.2. The Labute approximate surface area is 374 Å². The molecule has 2 rings (SSSR count). The van der Waals surface area contributed by atoms with Crippen LogP contribution in [0.25, 0.3) is 0 Å². The van der Waals surface area contributed by atoms with Crippen LogP contribution in [0.1, 0.15) is 231 Å². The Morgan fingerprint density at radius 1 is 0.705 bits per heavy atom. The number of unbranched alkanes of at least 4 members (excludes halogenated alkanes) is 14. The standard InChI is InChI=1S/C53H95NO7/c1-10-11-12-13-14-15-16-17-18-19-20-21-22-23-24-33-48(57)54-53(38-55,39-56)40-59-37-49(58)60-50-44(6)45(7)51-47(46(50)8)34-36-52(9,61-51)35-27-32-43(5)31-26-30-42(4)29-25-28-41(2)3/h41-43,55-56H,10-40H2,1-9H3,(H,54,57). The van der Waals surface area contributed by atoms with Crippen molar-refractivity contribution in [2.75, 3.05) is 26.4 Å². The minimum absolute atomic E-state index is 0.218. The molecule has 8 heteroatoms. The van der Waals surface area contributed by atoms with Crippen molar-refractivity contribution in [1.82, 2.24) is 5.32 Å². The van der Waals surface area contributed by atoms with Gasteiger partial charge in [-0.25, -0.2) is 4.79 Å². The first kappa shape index (κ1) is 55.0. The van der Waals surface area contributed by atoms with Gasteiger partial charge in [0.1, 0.15) is 29.2 Å². The van der Waals surface area contributed by atoms with Gasteiger partial charge in [0.25, 0.3) is 0 Å². The summed E-state index contributed by atoms with van der Waals surface area (Å²) in [5.74, 6) is 3.01. The third-order valence-electron chi connectivity index (χ3n) is 13.7. The van der Waals surface area contributed by atoms with Crippen molar-refractivity contribution in [3.8, 4) is 11.5 Å². The molecular weight excluding hydrogens is 763 g/mol. The van der Waals surface area contributed by atoms with E-state index in [0.717, 1.165) is 90.7 Å². The predicted octanol–water partition coefficient (Wildman–Crippen LogP) is 13.2. The molecule has 1 aliphatic heterocycles. The first-order valence-corrected chi connectivity index (χ1v) is 25.3. The number of carbonyl (C=O) groups excluding carboxylic acids is 2. The average Bonchev–Trinajstić information content (AvgIpc) is 3.22. The van der Waals surface area contributed by atoms with Gasteiger partial charge in [0.05, 0.1) is 19.8 Å². The highest BCUT2D eigenvalue weighted by Gasteiger charge is 2.35. The van der Waals surface area contributed by atoms with Gasteiger partial charge in [0.2, 0.25) is 5.91 Å². The number of amides is 1. The first-order chi connectivity index (χ1) is 29.2. The van der Waals surface area contributed by atoms with E-state index in [-0.39, 0.29) is 24.7 Å². The van der Waals surface area contributed by atoms with Crippen molar-refractivity contribution >= 4 is 11.9 Å². The summed E-state index contributed by atoms with van der Waals surface area (Å²) in [5.41, 5.74) is 2.26. The number of fused-ring (bicyclic) bond motifs is 1. The van der Waals surface area contributed by atoms with E-state index in [1.54, 1.807) is 0 Å². The molecular formula is C53H95NO7. The van der Waals surface area contributed by atoms with Crippen molar-refractivity contribution in [2.24, 2.45) is 17.8 Å². The molecule has 3 atom stereocenters. The van der Waals surface area contributed by atoms with E-state index in [4.69, 9.17) is 14.2 Å². The van der Waals surface area contributed by atoms with Crippen LogP contribution in [0.15, 0.2) is 0 Å². The summed E-state index contributed by atoms with van der Waals surface area (Å²) < 4.78 is 18.4. The van der Waals surface area contributed by atoms with Crippen molar-refractivity contribution in [3.63, 3.8) is 0 Å². The van der Waals surface area contributed by atoms with Gasteiger partial charge in [-0.05, 0) is 94.2 Å². The van der Waals surface area contributed by atoms with Gasteiger partial charge < -0.3 is 29.7 Å². The Kier molecular flexibility index (Phi) is 27.8. The number of carbonyl (C=O) groups is 2. The van der Waals surface area contributed by atoms with Gasteiger partial charge in [0.15, 0.2) is 0 Å². The van der Waals surface area contributed by atoms with Crippen LogP contribution in [0.5, 0.6) is 11.5 Å². The van der Waals surface area contributed by atoms with Crippen molar-refractivity contribution < 1.29 is 34.0 Å². The number of hydrogen-bond donors (Lipinski definition) is 3. The predicted molar refractivity (Wildman–Crippen MR) is 254 cm³/mol. The van der Waals surface area contributed by atoms with Gasteiger partial charge in [-0.15, -0.1) is 0 Å². The normalized spacial score (nSPS) is 16.3. The third-order valence-corrected chi connectivity index (χ3v) is 13.7. The number of ether oxygens (including phenoxy) is 3. The molecule has 0 saturated heterocycles. The second-order valence-corrected chi connectivity index (χ2v) is 20.2. The summed E-state index contributed by atoms with van der Waals surface area (Å²) in [5, 5.41) is 23.1. The van der Waals surface area contributed by atoms with E-state index in [2.05, 4.69) is 46.9 Å². The smallest absolute Gasteiger partial charge is 0.337 e. The molecule has 1 aromatic carbocycles. The molecule has 0 fully saturated rings. The SMILES string of the molecule is CCCCCCCCCCCCCCCCCC(=O)NC(CO)(CO)COCC(=O)Oc1c(C)c(C)c2c(c1C)CCC(C)(CCCC(C)CCCC(C)CCCC(C)C)O2. The van der Waals surface area contributed by atoms with Crippen LogP contribution in [-0.2, 0) is 20.7 Å². The molecule has 0 aromatic heterocycles. The zero-order chi connectivity index (χ0) is 45.1. The number of rotatable bonds is 36. The van der Waals surface area contributed by atoms with Crippen molar-refractivity contribution in [1.29, 1.82) is 0 Å². The van der Waals surface area contributed by atoms with Crippen molar-refractivity contribution in [3.05, 3.63) is 22.3 Å². The van der Waals surface area contributed by atoms with E-state index >= 15 is 0 Å². The largest absolute Gasteiger partial charge is 0.487 e. The average molecular weight is 858 g/mol. The summed E-state index contributed by atoms with van der Waals surface area (Å²) >= 11 is 0. The van der Waals surface area contributed by atoms with Crippen LogP contribution < -0.4 is 14.8 Å². The Hall–Kier alpha value is -2.16. The number of esters is 1. The molecule has 0 aliphatic carbocycles. The number of benzene rings is 1. The van der Waals surface area contributed by atoms with Gasteiger partial charge >= 0.3 is 5.97 Å². The van der Waals surface area contributed by atoms with Gasteiger partial charge in [-0.3, -0.25) is 4.79 Å². The summed E-state index contributed by atoms with van der Waals surface area (Å²) in [6.07, 6.45) is 32.4. The van der Waals surface area contributed by atoms with E-state index in [1.807, 2.05) is 20.8 Å². The molecule has 0 spiro atoms. The fourth-order valence-corrected chi connectivity index (χ4v) is 9.16. The molecule has 61 heavy (non-hydrogen) atoms. The number of aliphatic hydroxyl groups excluding tert-OH is 2. The molecule has 354 valence electrons. The highest BCUT2D eigenvalue weighted by Crippen LogP contribution is 2.45. The molecule has 8 nitrogen and oxygen atoms in total. The molecule has 1 amide bonds. The number of nitrogens with one attached hydrogen (secondary N) is 1. The van der Waals surface area contributed by atoms with Crippen LogP contribution in [0, 0.1) is 38.5 Å². The molecule has 3 unspecified atom stereocenters. The third kappa shape index (κ3) is 21.9. The van der Waals surface area contributed by atoms with Gasteiger partial charge in [-0.1, -0.05) is 169 Å². The lowest BCUT2D eigenvalue weighted by atomic mass is 9.83. The van der Waals surface area contributed by atoms with Gasteiger partial charge in [0, 0.05) is 12.0 Å². The minimum atomic E-state index is -1.38. The zero-order valence-corrected chi connectivity index (χ0v) is 41.1. The van der Waals surface area contributed by atoms with Crippen LogP contribution in [0.4, 0.5) is 0 Å². The summed E-state index contributed by atoms with van der Waals surface area (Å²) in [6, 6.07) is 0. The fourth-order valence-electron chi connectivity index (χ4n) is 9.16. The molecule has 3 N–H and O–H groups in total. The molecule has 0 radical (unpaired) electrons. The van der Waals surface area contributed by atoms with Crippen LogP contribution >= 0.6 is 0 Å². The van der Waals surface area contributed by atoms with E-state index in [0.29, 0.717) is 12.2 Å². The van der Waals surface area contributed by atoms with E-state index in [1.165, 1.54) is 122 Å². The lowest BCUT2D eigenvalue weighted by molar-refractivity contribution is -0.141. The van der Waals surface area contributed by atoms with Crippen LogP contribution in [-0.4, -0.2) is 59.7 Å².